The first-order chi connectivity index (χ1) is 15.8. The quantitative estimate of drug-likeness (QED) is 0.654. The van der Waals surface area contributed by atoms with Crippen LogP contribution >= 0.6 is 0 Å². The highest BCUT2D eigenvalue weighted by atomic mass is 32.2. The van der Waals surface area contributed by atoms with E-state index in [0.29, 0.717) is 12.1 Å². The van der Waals surface area contributed by atoms with Crippen LogP contribution in [0.5, 0.6) is 0 Å². The molecule has 1 atom stereocenters. The van der Waals surface area contributed by atoms with Crippen LogP contribution in [-0.2, 0) is 27.9 Å². The van der Waals surface area contributed by atoms with Crippen molar-refractivity contribution in [3.8, 4) is 0 Å². The topological polar surface area (TPSA) is 90.9 Å². The molecular weight excluding hydrogens is 436 g/mol. The van der Waals surface area contributed by atoms with Crippen LogP contribution in [0.1, 0.15) is 49.8 Å². The predicted molar refractivity (Wildman–Crippen MR) is 129 cm³/mol. The zero-order valence-corrected chi connectivity index (χ0v) is 20.1. The van der Waals surface area contributed by atoms with Crippen molar-refractivity contribution >= 4 is 21.8 Å². The molecule has 33 heavy (non-hydrogen) atoms. The van der Waals surface area contributed by atoms with E-state index in [4.69, 9.17) is 0 Å². The highest BCUT2D eigenvalue weighted by Crippen LogP contribution is 2.23. The van der Waals surface area contributed by atoms with Crippen LogP contribution in [0, 0.1) is 5.92 Å². The third-order valence-corrected chi connectivity index (χ3v) is 7.57. The summed E-state index contributed by atoms with van der Waals surface area (Å²) in [5, 5.41) is 2.97. The van der Waals surface area contributed by atoms with Gasteiger partial charge in [0.1, 0.15) is 11.9 Å². The molecule has 2 aliphatic heterocycles. The van der Waals surface area contributed by atoms with Crippen molar-refractivity contribution in [2.75, 3.05) is 13.1 Å². The van der Waals surface area contributed by atoms with Crippen molar-refractivity contribution in [3.63, 3.8) is 0 Å². The highest BCUT2D eigenvalue weighted by molar-refractivity contribution is 7.90. The summed E-state index contributed by atoms with van der Waals surface area (Å²) in [5.41, 5.74) is 2.80. The molecule has 0 unspecified atom stereocenters. The van der Waals surface area contributed by atoms with Crippen LogP contribution in [0.3, 0.4) is 0 Å². The van der Waals surface area contributed by atoms with Gasteiger partial charge in [0.05, 0.1) is 4.90 Å². The van der Waals surface area contributed by atoms with Gasteiger partial charge in [0.15, 0.2) is 0 Å². The van der Waals surface area contributed by atoms with Crippen molar-refractivity contribution in [1.29, 1.82) is 0 Å². The van der Waals surface area contributed by atoms with Crippen LogP contribution in [0.4, 0.5) is 0 Å². The first kappa shape index (κ1) is 23.4. The number of carbonyl (C=O) groups excluding carboxylic acids is 1. The van der Waals surface area contributed by atoms with Gasteiger partial charge in [0.25, 0.3) is 10.0 Å². The molecule has 2 N–H and O–H groups in total. The maximum absolute atomic E-state index is 12.9. The monoisotopic (exact) mass is 468 g/mol. The Labute approximate surface area is 196 Å². The Kier molecular flexibility index (Phi) is 7.14. The SMILES string of the molecule is CC(C)[C@H](N=C1NS(=O)(=O)c2ccccc21)C(=O)NCc1ccc(CN2CCCCC2)cc1. The second-order valence-corrected chi connectivity index (χ2v) is 10.8. The fraction of sp³-hybridized carbons (Fsp3) is 0.440. The molecule has 0 bridgehead atoms. The molecule has 0 spiro atoms. The maximum atomic E-state index is 12.9. The summed E-state index contributed by atoms with van der Waals surface area (Å²) < 4.78 is 27.2. The molecule has 2 aromatic carbocycles. The van der Waals surface area contributed by atoms with E-state index >= 15 is 0 Å². The second-order valence-electron chi connectivity index (χ2n) is 9.14. The third kappa shape index (κ3) is 5.62. The molecule has 0 aromatic heterocycles. The molecule has 4 rings (SSSR count). The van der Waals surface area contributed by atoms with Gasteiger partial charge in [-0.15, -0.1) is 0 Å². The molecule has 7 nitrogen and oxygen atoms in total. The number of aliphatic imine (C=N–C) groups is 1. The summed E-state index contributed by atoms with van der Waals surface area (Å²) in [7, 11) is -3.64. The Morgan fingerprint density at radius 2 is 1.70 bits per heavy atom. The number of fused-ring (bicyclic) bond motifs is 1. The van der Waals surface area contributed by atoms with Crippen molar-refractivity contribution in [3.05, 3.63) is 65.2 Å². The van der Waals surface area contributed by atoms with E-state index in [-0.39, 0.29) is 22.6 Å². The van der Waals surface area contributed by atoms with Crippen LogP contribution < -0.4 is 10.0 Å². The third-order valence-electron chi connectivity index (χ3n) is 6.18. The molecule has 0 radical (unpaired) electrons. The van der Waals surface area contributed by atoms with Crippen molar-refractivity contribution < 1.29 is 13.2 Å². The minimum atomic E-state index is -3.64. The Morgan fingerprint density at radius 1 is 1.03 bits per heavy atom. The minimum Gasteiger partial charge on any atom is -0.350 e. The van der Waals surface area contributed by atoms with Crippen LogP contribution in [0.2, 0.25) is 0 Å². The normalized spacial score (nSPS) is 19.8. The number of nitrogens with zero attached hydrogens (tertiary/aromatic N) is 2. The van der Waals surface area contributed by atoms with Gasteiger partial charge in [-0.1, -0.05) is 56.7 Å². The van der Waals surface area contributed by atoms with Gasteiger partial charge in [0, 0.05) is 18.7 Å². The van der Waals surface area contributed by atoms with E-state index in [1.807, 2.05) is 13.8 Å². The number of likely N-dealkylation sites (tertiary alicyclic amines) is 1. The van der Waals surface area contributed by atoms with Crippen LogP contribution in [0.15, 0.2) is 58.4 Å². The molecule has 8 heteroatoms. The van der Waals surface area contributed by atoms with E-state index in [0.717, 1.165) is 25.2 Å². The molecule has 1 saturated heterocycles. The number of rotatable bonds is 7. The Bertz CT molecular complexity index is 1120. The molecule has 0 aliphatic carbocycles. The standard InChI is InChI=1S/C25H32N4O3S/c1-18(2)23(27-24-21-8-4-5-9-22(21)33(31,32)28-24)25(30)26-16-19-10-12-20(13-11-19)17-29-14-6-3-7-15-29/h4-5,8-13,18,23H,3,6-7,14-17H2,1-2H3,(H,26,30)(H,27,28)/t23-/m0/s1. The number of hydrogen-bond donors (Lipinski definition) is 2. The maximum Gasteiger partial charge on any atom is 0.263 e. The van der Waals surface area contributed by atoms with Gasteiger partial charge in [-0.05, 0) is 55.1 Å². The Morgan fingerprint density at radius 3 is 2.39 bits per heavy atom. The summed E-state index contributed by atoms with van der Waals surface area (Å²) in [6, 6.07) is 14.3. The zero-order chi connectivity index (χ0) is 23.4. The lowest BCUT2D eigenvalue weighted by molar-refractivity contribution is -0.123. The first-order valence-electron chi connectivity index (χ1n) is 11.6. The van der Waals surface area contributed by atoms with Crippen LogP contribution in [0.25, 0.3) is 0 Å². The van der Waals surface area contributed by atoms with Gasteiger partial charge in [-0.25, -0.2) is 8.42 Å². The van der Waals surface area contributed by atoms with E-state index < -0.39 is 16.1 Å². The number of sulfonamides is 1. The molecule has 2 heterocycles. The lowest BCUT2D eigenvalue weighted by Gasteiger charge is -2.26. The summed E-state index contributed by atoms with van der Waals surface area (Å²) in [6.45, 7) is 7.50. The number of hydrogen-bond acceptors (Lipinski definition) is 5. The summed E-state index contributed by atoms with van der Waals surface area (Å²) >= 11 is 0. The van der Waals surface area contributed by atoms with Gasteiger partial charge in [-0.3, -0.25) is 19.4 Å². The average Bonchev–Trinajstić information content (AvgIpc) is 3.07. The van der Waals surface area contributed by atoms with Gasteiger partial charge in [0.2, 0.25) is 5.91 Å². The molecule has 176 valence electrons. The number of nitrogens with one attached hydrogen (secondary N) is 2. The van der Waals surface area contributed by atoms with Gasteiger partial charge in [-0.2, -0.15) is 0 Å². The number of carbonyl (C=O) groups is 1. The summed E-state index contributed by atoms with van der Waals surface area (Å²) in [6.07, 6.45) is 3.88. The van der Waals surface area contributed by atoms with Gasteiger partial charge >= 0.3 is 0 Å². The fourth-order valence-corrected chi connectivity index (χ4v) is 5.55. The van der Waals surface area contributed by atoms with E-state index in [9.17, 15) is 13.2 Å². The number of amidine groups is 1. The summed E-state index contributed by atoms with van der Waals surface area (Å²) in [5.74, 6) is -0.0957. The molecule has 2 aliphatic rings. The summed E-state index contributed by atoms with van der Waals surface area (Å²) in [4.78, 5) is 20.1. The molecule has 0 saturated carbocycles. The van der Waals surface area contributed by atoms with Crippen molar-refractivity contribution in [1.82, 2.24) is 14.9 Å². The number of benzene rings is 2. The molecule has 1 fully saturated rings. The highest BCUT2D eigenvalue weighted by Gasteiger charge is 2.32. The van der Waals surface area contributed by atoms with E-state index in [2.05, 4.69) is 44.2 Å². The average molecular weight is 469 g/mol. The lowest BCUT2D eigenvalue weighted by Crippen LogP contribution is -2.38. The Balaban J connectivity index is 1.40. The second kappa shape index (κ2) is 10.1. The van der Waals surface area contributed by atoms with Crippen LogP contribution in [-0.4, -0.2) is 44.2 Å². The molecular formula is C25H32N4O3S. The number of piperidine rings is 1. The van der Waals surface area contributed by atoms with E-state index in [1.54, 1.807) is 24.3 Å². The minimum absolute atomic E-state index is 0.0957. The largest absolute Gasteiger partial charge is 0.350 e. The fourth-order valence-electron chi connectivity index (χ4n) is 4.31. The van der Waals surface area contributed by atoms with Crippen molar-refractivity contribution in [2.24, 2.45) is 10.9 Å². The van der Waals surface area contributed by atoms with Gasteiger partial charge < -0.3 is 5.32 Å². The first-order valence-corrected chi connectivity index (χ1v) is 13.1. The lowest BCUT2D eigenvalue weighted by atomic mass is 10.0. The molecule has 2 aromatic rings. The number of amides is 1. The molecule has 1 amide bonds. The van der Waals surface area contributed by atoms with Crippen molar-refractivity contribution in [2.45, 2.75) is 57.1 Å². The van der Waals surface area contributed by atoms with E-state index in [1.165, 1.54) is 24.8 Å². The Hall–Kier alpha value is -2.71. The predicted octanol–water partition coefficient (Wildman–Crippen LogP) is 3.05. The zero-order valence-electron chi connectivity index (χ0n) is 19.3. The smallest absolute Gasteiger partial charge is 0.263 e.